The second kappa shape index (κ2) is 8.86. The number of nitrogens with one attached hydrogen (secondary N) is 2. The number of carbonyl (C=O) groups excluding carboxylic acids is 1. The van der Waals surface area contributed by atoms with Gasteiger partial charge in [0, 0.05) is 12.1 Å². The van der Waals surface area contributed by atoms with Crippen molar-refractivity contribution in [2.45, 2.75) is 55.9 Å². The van der Waals surface area contributed by atoms with Crippen molar-refractivity contribution in [2.24, 2.45) is 5.92 Å². The first-order valence-corrected chi connectivity index (χ1v) is 9.91. The molecule has 0 unspecified atom stereocenters. The third-order valence-corrected chi connectivity index (χ3v) is 5.67. The predicted octanol–water partition coefficient (Wildman–Crippen LogP) is 3.92. The number of benzene rings is 1. The van der Waals surface area contributed by atoms with Gasteiger partial charge in [-0.2, -0.15) is 5.26 Å². The molecule has 0 bridgehead atoms. The van der Waals surface area contributed by atoms with Gasteiger partial charge in [-0.3, -0.25) is 9.89 Å². The molecule has 1 heterocycles. The topological polar surface area (TPSA) is 94.5 Å². The van der Waals surface area contributed by atoms with Crippen molar-refractivity contribution in [2.75, 3.05) is 5.32 Å². The minimum Gasteiger partial charge on any atom is -0.325 e. The lowest BCUT2D eigenvalue weighted by atomic mass is 10.0. The van der Waals surface area contributed by atoms with E-state index in [1.165, 1.54) is 37.4 Å². The van der Waals surface area contributed by atoms with Crippen LogP contribution >= 0.6 is 11.8 Å². The number of hydrogen-bond donors (Lipinski definition) is 2. The Morgan fingerprint density at radius 2 is 2.12 bits per heavy atom. The summed E-state index contributed by atoms with van der Waals surface area (Å²) < 4.78 is 0. The van der Waals surface area contributed by atoms with Crippen molar-refractivity contribution in [3.05, 3.63) is 35.7 Å². The van der Waals surface area contributed by atoms with E-state index in [0.717, 1.165) is 24.6 Å². The van der Waals surface area contributed by atoms with Crippen molar-refractivity contribution in [1.82, 2.24) is 15.2 Å². The summed E-state index contributed by atoms with van der Waals surface area (Å²) in [6.07, 6.45) is 7.46. The lowest BCUT2D eigenvalue weighted by Crippen LogP contribution is -2.22. The van der Waals surface area contributed by atoms with Crippen LogP contribution < -0.4 is 5.32 Å². The van der Waals surface area contributed by atoms with Crippen LogP contribution in [0.3, 0.4) is 0 Å². The van der Waals surface area contributed by atoms with Gasteiger partial charge >= 0.3 is 0 Å². The summed E-state index contributed by atoms with van der Waals surface area (Å²) in [7, 11) is 0. The Bertz CT molecular complexity index is 774. The standard InChI is InChI=1S/C19H23N5OS/c1-13(18(25)21-16-9-6-15(12-20)7-10-16)26-19-22-17(23-24-19)11-8-14-4-2-3-5-14/h6-7,9-10,13-14H,2-5,8,11H2,1H3,(H,21,25)(H,22,23,24)/t13-/m1/s1. The fourth-order valence-electron chi connectivity index (χ4n) is 3.17. The first-order chi connectivity index (χ1) is 12.6. The summed E-state index contributed by atoms with van der Waals surface area (Å²) >= 11 is 1.34. The van der Waals surface area contributed by atoms with Crippen LogP contribution in [-0.4, -0.2) is 26.3 Å². The number of amides is 1. The van der Waals surface area contributed by atoms with Crippen LogP contribution in [0.5, 0.6) is 0 Å². The Morgan fingerprint density at radius 1 is 1.38 bits per heavy atom. The second-order valence-corrected chi connectivity index (χ2v) is 8.00. The van der Waals surface area contributed by atoms with Crippen LogP contribution in [-0.2, 0) is 11.2 Å². The molecule has 1 saturated carbocycles. The number of thioether (sulfide) groups is 1. The SMILES string of the molecule is C[C@@H](Sc1n[nH]c(CCC2CCCC2)n1)C(=O)Nc1ccc(C#N)cc1. The Morgan fingerprint density at radius 3 is 2.81 bits per heavy atom. The van der Waals surface area contributed by atoms with Crippen LogP contribution in [0, 0.1) is 17.2 Å². The fourth-order valence-corrected chi connectivity index (χ4v) is 3.91. The van der Waals surface area contributed by atoms with Gasteiger partial charge in [-0.1, -0.05) is 37.4 Å². The molecule has 136 valence electrons. The van der Waals surface area contributed by atoms with Crippen molar-refractivity contribution < 1.29 is 4.79 Å². The molecule has 2 aromatic rings. The molecule has 2 N–H and O–H groups in total. The van der Waals surface area contributed by atoms with Crippen LogP contribution in [0.1, 0.15) is 50.4 Å². The van der Waals surface area contributed by atoms with Gasteiger partial charge in [0.05, 0.1) is 16.9 Å². The van der Waals surface area contributed by atoms with Crippen molar-refractivity contribution in [3.63, 3.8) is 0 Å². The summed E-state index contributed by atoms with van der Waals surface area (Å²) in [5.41, 5.74) is 1.24. The van der Waals surface area contributed by atoms with Gasteiger partial charge in [0.25, 0.3) is 0 Å². The zero-order chi connectivity index (χ0) is 18.4. The molecule has 1 aromatic heterocycles. The molecule has 1 aliphatic rings. The van der Waals surface area contributed by atoms with E-state index in [2.05, 4.69) is 26.6 Å². The number of aromatic nitrogens is 3. The highest BCUT2D eigenvalue weighted by molar-refractivity contribution is 8.00. The Kier molecular flexibility index (Phi) is 6.29. The number of aryl methyl sites for hydroxylation is 1. The van der Waals surface area contributed by atoms with Crippen molar-refractivity contribution >= 4 is 23.4 Å². The van der Waals surface area contributed by atoms with E-state index in [-0.39, 0.29) is 11.2 Å². The lowest BCUT2D eigenvalue weighted by molar-refractivity contribution is -0.115. The smallest absolute Gasteiger partial charge is 0.237 e. The molecule has 7 heteroatoms. The Hall–Kier alpha value is -2.33. The molecule has 3 rings (SSSR count). The normalized spacial score (nSPS) is 15.5. The van der Waals surface area contributed by atoms with Crippen LogP contribution in [0.2, 0.25) is 0 Å². The van der Waals surface area contributed by atoms with E-state index in [0.29, 0.717) is 16.4 Å². The number of nitriles is 1. The number of aromatic amines is 1. The summed E-state index contributed by atoms with van der Waals surface area (Å²) in [6.45, 7) is 1.83. The molecule has 1 aromatic carbocycles. The maximum absolute atomic E-state index is 12.3. The van der Waals surface area contributed by atoms with E-state index in [9.17, 15) is 4.79 Å². The third kappa shape index (κ3) is 5.09. The number of H-pyrrole nitrogens is 1. The molecular weight excluding hydrogens is 346 g/mol. The van der Waals surface area contributed by atoms with Crippen LogP contribution in [0.4, 0.5) is 5.69 Å². The first kappa shape index (κ1) is 18.5. The number of rotatable bonds is 7. The molecule has 6 nitrogen and oxygen atoms in total. The van der Waals surface area contributed by atoms with E-state index in [4.69, 9.17) is 5.26 Å². The molecule has 26 heavy (non-hydrogen) atoms. The Balaban J connectivity index is 1.48. The lowest BCUT2D eigenvalue weighted by Gasteiger charge is -2.10. The highest BCUT2D eigenvalue weighted by atomic mass is 32.2. The van der Waals surface area contributed by atoms with E-state index >= 15 is 0 Å². The quantitative estimate of drug-likeness (QED) is 0.721. The molecule has 1 aliphatic carbocycles. The van der Waals surface area contributed by atoms with Gasteiger partial charge in [-0.05, 0) is 43.5 Å². The van der Waals surface area contributed by atoms with E-state index < -0.39 is 0 Å². The second-order valence-electron chi connectivity index (χ2n) is 6.69. The van der Waals surface area contributed by atoms with Crippen LogP contribution in [0.25, 0.3) is 0 Å². The zero-order valence-electron chi connectivity index (χ0n) is 14.9. The average Bonchev–Trinajstić information content (AvgIpc) is 3.32. The van der Waals surface area contributed by atoms with Crippen LogP contribution in [0.15, 0.2) is 29.4 Å². The zero-order valence-corrected chi connectivity index (χ0v) is 15.7. The molecular formula is C19H23N5OS. The van der Waals surface area contributed by atoms with Gasteiger partial charge in [-0.25, -0.2) is 4.98 Å². The monoisotopic (exact) mass is 369 g/mol. The number of nitrogens with zero attached hydrogens (tertiary/aromatic N) is 3. The van der Waals surface area contributed by atoms with Gasteiger partial charge in [-0.15, -0.1) is 5.10 Å². The number of hydrogen-bond acceptors (Lipinski definition) is 5. The highest BCUT2D eigenvalue weighted by Gasteiger charge is 2.19. The van der Waals surface area contributed by atoms with Crippen molar-refractivity contribution in [3.8, 4) is 6.07 Å². The minimum absolute atomic E-state index is 0.114. The molecule has 0 saturated heterocycles. The summed E-state index contributed by atoms with van der Waals surface area (Å²) in [5.74, 6) is 1.62. The maximum Gasteiger partial charge on any atom is 0.237 e. The maximum atomic E-state index is 12.3. The fraction of sp³-hybridized carbons (Fsp3) is 0.474. The largest absolute Gasteiger partial charge is 0.325 e. The number of carbonyl (C=O) groups is 1. The van der Waals surface area contributed by atoms with E-state index in [1.54, 1.807) is 24.3 Å². The average molecular weight is 369 g/mol. The van der Waals surface area contributed by atoms with Gasteiger partial charge in [0.1, 0.15) is 5.82 Å². The van der Waals surface area contributed by atoms with Gasteiger partial charge in [0.15, 0.2) is 0 Å². The van der Waals surface area contributed by atoms with E-state index in [1.807, 2.05) is 6.92 Å². The Labute approximate surface area is 157 Å². The van der Waals surface area contributed by atoms with Gasteiger partial charge in [0.2, 0.25) is 11.1 Å². The van der Waals surface area contributed by atoms with Crippen molar-refractivity contribution in [1.29, 1.82) is 5.26 Å². The molecule has 0 radical (unpaired) electrons. The summed E-state index contributed by atoms with van der Waals surface area (Å²) in [5, 5.41) is 19.2. The highest BCUT2D eigenvalue weighted by Crippen LogP contribution is 2.28. The van der Waals surface area contributed by atoms with Gasteiger partial charge < -0.3 is 5.32 Å². The predicted molar refractivity (Wildman–Crippen MR) is 102 cm³/mol. The molecule has 0 spiro atoms. The molecule has 1 amide bonds. The summed E-state index contributed by atoms with van der Waals surface area (Å²) in [4.78, 5) is 16.8. The molecule has 0 aliphatic heterocycles. The first-order valence-electron chi connectivity index (χ1n) is 9.03. The molecule has 1 atom stereocenters. The minimum atomic E-state index is -0.316. The molecule has 1 fully saturated rings. The number of anilines is 1. The third-order valence-electron chi connectivity index (χ3n) is 4.71. The summed E-state index contributed by atoms with van der Waals surface area (Å²) in [6, 6.07) is 8.86.